The van der Waals surface area contributed by atoms with E-state index in [4.69, 9.17) is 4.42 Å². The molecule has 0 bridgehead atoms. The fraction of sp³-hybridized carbons (Fsp3) is 0.0588. The van der Waals surface area contributed by atoms with E-state index in [9.17, 15) is 9.59 Å². The van der Waals surface area contributed by atoms with E-state index in [2.05, 4.69) is 5.32 Å². The number of amides is 1. The summed E-state index contributed by atoms with van der Waals surface area (Å²) in [5.74, 6) is -0.474. The highest BCUT2D eigenvalue weighted by Crippen LogP contribution is 2.14. The molecule has 3 rings (SSSR count). The maximum atomic E-state index is 12.2. The van der Waals surface area contributed by atoms with Gasteiger partial charge in [0.25, 0.3) is 5.91 Å². The van der Waals surface area contributed by atoms with Crippen LogP contribution in [-0.4, -0.2) is 5.91 Å². The lowest BCUT2D eigenvalue weighted by molar-refractivity contribution is 0.102. The van der Waals surface area contributed by atoms with E-state index in [0.29, 0.717) is 16.7 Å². The molecule has 0 atom stereocenters. The molecule has 3 aromatic rings. The van der Waals surface area contributed by atoms with Crippen LogP contribution < -0.4 is 10.9 Å². The van der Waals surface area contributed by atoms with Crippen molar-refractivity contribution in [2.75, 3.05) is 5.32 Å². The van der Waals surface area contributed by atoms with Crippen molar-refractivity contribution >= 4 is 22.6 Å². The topological polar surface area (TPSA) is 59.3 Å². The van der Waals surface area contributed by atoms with Crippen LogP contribution in [0.25, 0.3) is 11.0 Å². The Morgan fingerprint density at radius 1 is 1.05 bits per heavy atom. The molecule has 0 aliphatic heterocycles. The summed E-state index contributed by atoms with van der Waals surface area (Å²) in [5.41, 5.74) is 1.55. The van der Waals surface area contributed by atoms with Crippen molar-refractivity contribution in [1.82, 2.24) is 0 Å². The second-order valence-electron chi connectivity index (χ2n) is 4.81. The summed E-state index contributed by atoms with van der Waals surface area (Å²) in [6.07, 6.45) is 0. The monoisotopic (exact) mass is 279 g/mol. The van der Waals surface area contributed by atoms with E-state index in [1.165, 1.54) is 0 Å². The Labute approximate surface area is 121 Å². The van der Waals surface area contributed by atoms with Crippen molar-refractivity contribution in [3.8, 4) is 0 Å². The number of hydrogen-bond donors (Lipinski definition) is 1. The van der Waals surface area contributed by atoms with Gasteiger partial charge in [0.15, 0.2) is 0 Å². The van der Waals surface area contributed by atoms with Crippen molar-refractivity contribution in [2.24, 2.45) is 0 Å². The van der Waals surface area contributed by atoms with Crippen molar-refractivity contribution in [3.63, 3.8) is 0 Å². The second-order valence-corrected chi connectivity index (χ2v) is 4.81. The Hall–Kier alpha value is -2.88. The molecule has 4 heteroatoms. The van der Waals surface area contributed by atoms with Crippen LogP contribution in [0.5, 0.6) is 0 Å². The minimum Gasteiger partial charge on any atom is -0.422 e. The molecule has 1 N–H and O–H groups in total. The van der Waals surface area contributed by atoms with Gasteiger partial charge in [0, 0.05) is 11.1 Å². The van der Waals surface area contributed by atoms with E-state index < -0.39 is 11.5 Å². The predicted molar refractivity (Wildman–Crippen MR) is 81.6 cm³/mol. The minimum atomic E-state index is -0.640. The number of para-hydroxylation sites is 1. The van der Waals surface area contributed by atoms with Crippen LogP contribution >= 0.6 is 0 Å². The largest absolute Gasteiger partial charge is 0.422 e. The molecule has 0 aliphatic rings. The van der Waals surface area contributed by atoms with Gasteiger partial charge >= 0.3 is 5.63 Å². The molecular weight excluding hydrogens is 266 g/mol. The van der Waals surface area contributed by atoms with E-state index in [1.54, 1.807) is 36.4 Å². The van der Waals surface area contributed by atoms with E-state index in [-0.39, 0.29) is 5.56 Å². The number of benzene rings is 2. The van der Waals surface area contributed by atoms with Gasteiger partial charge in [-0.1, -0.05) is 35.9 Å². The molecule has 0 spiro atoms. The lowest BCUT2D eigenvalue weighted by atomic mass is 10.1. The lowest BCUT2D eigenvalue weighted by Gasteiger charge is -2.05. The molecule has 0 radical (unpaired) electrons. The predicted octanol–water partition coefficient (Wildman–Crippen LogP) is 3.35. The van der Waals surface area contributed by atoms with Crippen LogP contribution in [0.2, 0.25) is 0 Å². The molecule has 1 amide bonds. The summed E-state index contributed by atoms with van der Waals surface area (Å²) in [6, 6.07) is 16.0. The summed E-state index contributed by atoms with van der Waals surface area (Å²) in [7, 11) is 0. The zero-order valence-electron chi connectivity index (χ0n) is 11.4. The highest BCUT2D eigenvalue weighted by atomic mass is 16.4. The number of fused-ring (bicyclic) bond motifs is 1. The highest BCUT2D eigenvalue weighted by molar-refractivity contribution is 6.05. The van der Waals surface area contributed by atoms with E-state index in [1.807, 2.05) is 25.1 Å². The molecule has 0 saturated carbocycles. The molecule has 21 heavy (non-hydrogen) atoms. The first-order chi connectivity index (χ1) is 10.1. The van der Waals surface area contributed by atoms with Crippen molar-refractivity contribution < 1.29 is 9.21 Å². The molecule has 0 saturated heterocycles. The quantitative estimate of drug-likeness (QED) is 0.732. The Balaban J connectivity index is 1.95. The number of anilines is 1. The third-order valence-corrected chi connectivity index (χ3v) is 3.20. The van der Waals surface area contributed by atoms with Crippen LogP contribution in [-0.2, 0) is 0 Å². The van der Waals surface area contributed by atoms with Gasteiger partial charge in [-0.2, -0.15) is 0 Å². The van der Waals surface area contributed by atoms with Crippen LogP contribution in [0.3, 0.4) is 0 Å². The molecular formula is C17H13NO3. The molecule has 0 fully saturated rings. The average molecular weight is 279 g/mol. The Kier molecular flexibility index (Phi) is 3.28. The van der Waals surface area contributed by atoms with Crippen molar-refractivity contribution in [2.45, 2.75) is 6.92 Å². The fourth-order valence-electron chi connectivity index (χ4n) is 2.06. The maximum Gasteiger partial charge on any atom is 0.349 e. The van der Waals surface area contributed by atoms with Gasteiger partial charge in [0.2, 0.25) is 0 Å². The van der Waals surface area contributed by atoms with Crippen LogP contribution in [0, 0.1) is 6.92 Å². The second kappa shape index (κ2) is 5.25. The average Bonchev–Trinajstić information content (AvgIpc) is 2.49. The number of rotatable bonds is 2. The number of carbonyl (C=O) groups excluding carboxylic acids is 1. The van der Waals surface area contributed by atoms with Gasteiger partial charge in [-0.15, -0.1) is 0 Å². The number of aryl methyl sites for hydroxylation is 1. The summed E-state index contributed by atoms with van der Waals surface area (Å²) in [6.45, 7) is 1.96. The third-order valence-electron chi connectivity index (χ3n) is 3.20. The summed E-state index contributed by atoms with van der Waals surface area (Å²) < 4.78 is 5.15. The smallest absolute Gasteiger partial charge is 0.349 e. The minimum absolute atomic E-state index is 0.00530. The summed E-state index contributed by atoms with van der Waals surface area (Å²) in [4.78, 5) is 24.1. The maximum absolute atomic E-state index is 12.2. The van der Waals surface area contributed by atoms with Crippen molar-refractivity contribution in [1.29, 1.82) is 0 Å². The normalized spacial score (nSPS) is 10.5. The van der Waals surface area contributed by atoms with Gasteiger partial charge in [-0.3, -0.25) is 4.79 Å². The van der Waals surface area contributed by atoms with Crippen LogP contribution in [0.4, 0.5) is 5.69 Å². The van der Waals surface area contributed by atoms with Gasteiger partial charge in [0.05, 0.1) is 0 Å². The zero-order chi connectivity index (χ0) is 14.8. The number of carbonyl (C=O) groups is 1. The van der Waals surface area contributed by atoms with Gasteiger partial charge < -0.3 is 9.73 Å². The Bertz CT molecular complexity index is 863. The first-order valence-electron chi connectivity index (χ1n) is 6.54. The Morgan fingerprint density at radius 3 is 2.52 bits per heavy atom. The summed E-state index contributed by atoms with van der Waals surface area (Å²) in [5, 5.41) is 3.41. The molecule has 1 heterocycles. The number of hydrogen-bond acceptors (Lipinski definition) is 3. The SMILES string of the molecule is Cc1ccc(NC(=O)c2cc3ccccc3oc2=O)cc1. The first kappa shape index (κ1) is 13.1. The van der Waals surface area contributed by atoms with Crippen LogP contribution in [0.1, 0.15) is 15.9 Å². The zero-order valence-corrected chi connectivity index (χ0v) is 11.4. The van der Waals surface area contributed by atoms with Gasteiger partial charge in [-0.05, 0) is 31.2 Å². The third kappa shape index (κ3) is 2.69. The standard InChI is InChI=1S/C17H13NO3/c1-11-6-8-13(9-7-11)18-16(19)14-10-12-4-2-3-5-15(12)21-17(14)20/h2-10H,1H3,(H,18,19). The molecule has 2 aromatic carbocycles. The molecule has 1 aromatic heterocycles. The number of nitrogens with one attached hydrogen (secondary N) is 1. The van der Waals surface area contributed by atoms with Crippen LogP contribution in [0.15, 0.2) is 63.8 Å². The van der Waals surface area contributed by atoms with Gasteiger partial charge in [-0.25, -0.2) is 4.79 Å². The molecule has 0 unspecified atom stereocenters. The highest BCUT2D eigenvalue weighted by Gasteiger charge is 2.13. The summed E-state index contributed by atoms with van der Waals surface area (Å²) >= 11 is 0. The first-order valence-corrected chi connectivity index (χ1v) is 6.54. The molecule has 0 aliphatic carbocycles. The van der Waals surface area contributed by atoms with Gasteiger partial charge in [0.1, 0.15) is 11.1 Å². The van der Waals surface area contributed by atoms with Crippen molar-refractivity contribution in [3.05, 3.63) is 76.1 Å². The Morgan fingerprint density at radius 2 is 1.76 bits per heavy atom. The lowest BCUT2D eigenvalue weighted by Crippen LogP contribution is -2.20. The fourth-order valence-corrected chi connectivity index (χ4v) is 2.06. The molecule has 104 valence electrons. The van der Waals surface area contributed by atoms with E-state index in [0.717, 1.165) is 5.56 Å². The molecule has 4 nitrogen and oxygen atoms in total. The van der Waals surface area contributed by atoms with E-state index >= 15 is 0 Å².